The van der Waals surface area contributed by atoms with Crippen LogP contribution in [0.25, 0.3) is 11.6 Å². The van der Waals surface area contributed by atoms with Gasteiger partial charge in [0.15, 0.2) is 11.5 Å². The highest BCUT2D eigenvalue weighted by atomic mass is 79.9. The molecule has 0 fully saturated rings. The number of halogens is 1. The summed E-state index contributed by atoms with van der Waals surface area (Å²) in [7, 11) is 0. The van der Waals surface area contributed by atoms with Crippen molar-refractivity contribution in [3.8, 4) is 17.6 Å². The number of benzene rings is 3. The molecule has 0 unspecified atom stereocenters. The third-order valence-electron chi connectivity index (χ3n) is 4.69. The van der Waals surface area contributed by atoms with E-state index < -0.39 is 4.92 Å². The summed E-state index contributed by atoms with van der Waals surface area (Å²) in [6.07, 6.45) is 1.80. The van der Waals surface area contributed by atoms with Crippen molar-refractivity contribution in [1.82, 2.24) is 0 Å². The van der Waals surface area contributed by atoms with E-state index in [1.807, 2.05) is 44.2 Å². The lowest BCUT2D eigenvalue weighted by Gasteiger charge is -2.14. The van der Waals surface area contributed by atoms with Gasteiger partial charge < -0.3 is 9.47 Å². The largest absolute Gasteiger partial charge is 0.490 e. The van der Waals surface area contributed by atoms with Gasteiger partial charge in [-0.05, 0) is 60.9 Å². The highest BCUT2D eigenvalue weighted by Gasteiger charge is 2.12. The van der Waals surface area contributed by atoms with Gasteiger partial charge in [-0.3, -0.25) is 10.1 Å². The molecular weight excluding hydrogens is 472 g/mol. The number of hydrogen-bond acceptors (Lipinski definition) is 5. The Morgan fingerprint density at radius 2 is 1.75 bits per heavy atom. The number of nitrogens with zero attached hydrogens (tertiary/aromatic N) is 2. The highest BCUT2D eigenvalue weighted by molar-refractivity contribution is 9.10. The molecule has 0 aliphatic heterocycles. The Kier molecular flexibility index (Phi) is 7.63. The molecule has 32 heavy (non-hydrogen) atoms. The molecule has 3 aromatic carbocycles. The van der Waals surface area contributed by atoms with Crippen molar-refractivity contribution in [3.05, 3.63) is 97.5 Å². The summed E-state index contributed by atoms with van der Waals surface area (Å²) in [5.41, 5.74) is 4.11. The molecule has 0 spiro atoms. The topological polar surface area (TPSA) is 85.4 Å². The first-order valence-corrected chi connectivity index (χ1v) is 10.7. The van der Waals surface area contributed by atoms with Crippen LogP contribution in [0.5, 0.6) is 11.5 Å². The zero-order chi connectivity index (χ0) is 23.1. The number of ether oxygens (including phenoxy) is 2. The number of non-ortho nitro benzene ring substituents is 1. The van der Waals surface area contributed by atoms with Crippen LogP contribution >= 0.6 is 15.9 Å². The van der Waals surface area contributed by atoms with Gasteiger partial charge >= 0.3 is 0 Å². The number of nitro groups is 1. The van der Waals surface area contributed by atoms with E-state index in [9.17, 15) is 15.4 Å². The first-order valence-electron chi connectivity index (χ1n) is 9.92. The van der Waals surface area contributed by atoms with Gasteiger partial charge in [0.05, 0.1) is 23.2 Å². The first-order chi connectivity index (χ1) is 15.4. The normalized spacial score (nSPS) is 11.0. The summed E-state index contributed by atoms with van der Waals surface area (Å²) in [5.74, 6) is 1.08. The SMILES string of the molecule is CCOc1cc(/C=C(/C#N)c2ccc(C)cc2)c(Br)cc1OCc1ccc([N+](=O)[O-])cc1. The Hall–Kier alpha value is -3.63. The lowest BCUT2D eigenvalue weighted by atomic mass is 10.0. The molecule has 0 aromatic heterocycles. The van der Waals surface area contributed by atoms with Crippen LogP contribution in [0, 0.1) is 28.4 Å². The van der Waals surface area contributed by atoms with E-state index in [0.717, 1.165) is 26.7 Å². The van der Waals surface area contributed by atoms with Gasteiger partial charge in [0.2, 0.25) is 0 Å². The van der Waals surface area contributed by atoms with Crippen LogP contribution in [0.3, 0.4) is 0 Å². The number of rotatable bonds is 8. The maximum Gasteiger partial charge on any atom is 0.269 e. The first kappa shape index (κ1) is 23.0. The quantitative estimate of drug-likeness (QED) is 0.151. The Labute approximate surface area is 195 Å². The van der Waals surface area contributed by atoms with Gasteiger partial charge in [-0.2, -0.15) is 5.26 Å². The van der Waals surface area contributed by atoms with Crippen LogP contribution in [-0.4, -0.2) is 11.5 Å². The number of hydrogen-bond donors (Lipinski definition) is 0. The second-order valence-corrected chi connectivity index (χ2v) is 7.86. The molecule has 0 atom stereocenters. The Bertz CT molecular complexity index is 1180. The van der Waals surface area contributed by atoms with Gasteiger partial charge in [0.25, 0.3) is 5.69 Å². The average Bonchev–Trinajstić information content (AvgIpc) is 2.79. The van der Waals surface area contributed by atoms with Crippen LogP contribution in [0.2, 0.25) is 0 Å². The number of allylic oxidation sites excluding steroid dienone is 1. The Morgan fingerprint density at radius 3 is 2.34 bits per heavy atom. The number of aryl methyl sites for hydroxylation is 1. The molecule has 3 aromatic rings. The fraction of sp³-hybridized carbons (Fsp3) is 0.160. The van der Waals surface area contributed by atoms with E-state index in [1.165, 1.54) is 12.1 Å². The van der Waals surface area contributed by atoms with Crippen molar-refractivity contribution in [2.45, 2.75) is 20.5 Å². The summed E-state index contributed by atoms with van der Waals surface area (Å²) in [5, 5.41) is 20.5. The van der Waals surface area contributed by atoms with E-state index >= 15 is 0 Å². The van der Waals surface area contributed by atoms with Crippen molar-refractivity contribution < 1.29 is 14.4 Å². The number of nitriles is 1. The number of nitro benzene ring substituents is 1. The molecule has 6 nitrogen and oxygen atoms in total. The molecule has 0 bridgehead atoms. The minimum atomic E-state index is -0.437. The van der Waals surface area contributed by atoms with Crippen LogP contribution in [0.4, 0.5) is 5.69 Å². The third kappa shape index (κ3) is 5.74. The van der Waals surface area contributed by atoms with Crippen molar-refractivity contribution in [2.75, 3.05) is 6.61 Å². The molecule has 0 heterocycles. The summed E-state index contributed by atoms with van der Waals surface area (Å²) in [6, 6.07) is 19.9. The van der Waals surface area contributed by atoms with Gasteiger partial charge in [0, 0.05) is 16.6 Å². The standard InChI is InChI=1S/C25H21BrN2O4/c1-3-31-24-13-20(12-21(15-27)19-8-4-17(2)5-9-19)23(26)14-25(24)32-16-18-6-10-22(11-7-18)28(29)30/h4-14H,3,16H2,1-2H3/b21-12-. The summed E-state index contributed by atoms with van der Waals surface area (Å²) >= 11 is 3.56. The van der Waals surface area contributed by atoms with E-state index in [2.05, 4.69) is 22.0 Å². The lowest BCUT2D eigenvalue weighted by Crippen LogP contribution is -2.01. The second-order valence-electron chi connectivity index (χ2n) is 7.00. The molecule has 0 saturated carbocycles. The fourth-order valence-electron chi connectivity index (χ4n) is 2.99. The zero-order valence-electron chi connectivity index (χ0n) is 17.7. The highest BCUT2D eigenvalue weighted by Crippen LogP contribution is 2.36. The summed E-state index contributed by atoms with van der Waals surface area (Å²) < 4.78 is 12.4. The molecule has 7 heteroatoms. The van der Waals surface area contributed by atoms with Crippen LogP contribution in [0.1, 0.15) is 29.2 Å². The Balaban J connectivity index is 1.87. The van der Waals surface area contributed by atoms with Crippen molar-refractivity contribution in [1.29, 1.82) is 5.26 Å². The van der Waals surface area contributed by atoms with Crippen molar-refractivity contribution >= 4 is 33.3 Å². The average molecular weight is 493 g/mol. The maximum absolute atomic E-state index is 10.8. The minimum absolute atomic E-state index is 0.0320. The minimum Gasteiger partial charge on any atom is -0.490 e. The van der Waals surface area contributed by atoms with Crippen LogP contribution in [0.15, 0.2) is 65.1 Å². The molecule has 3 rings (SSSR count). The van der Waals surface area contributed by atoms with E-state index in [1.54, 1.807) is 24.3 Å². The van der Waals surface area contributed by atoms with Crippen LogP contribution in [-0.2, 0) is 6.61 Å². The van der Waals surface area contributed by atoms with E-state index in [0.29, 0.717) is 23.7 Å². The second kappa shape index (κ2) is 10.6. The zero-order valence-corrected chi connectivity index (χ0v) is 19.3. The molecule has 0 radical (unpaired) electrons. The molecule has 162 valence electrons. The predicted octanol–water partition coefficient (Wildman–Crippen LogP) is 6.71. The molecule has 0 aliphatic rings. The van der Waals surface area contributed by atoms with Gasteiger partial charge in [-0.1, -0.05) is 45.8 Å². The molecule has 0 amide bonds. The monoisotopic (exact) mass is 492 g/mol. The van der Waals surface area contributed by atoms with Crippen LogP contribution < -0.4 is 9.47 Å². The predicted molar refractivity (Wildman–Crippen MR) is 127 cm³/mol. The molecule has 0 N–H and O–H groups in total. The van der Waals surface area contributed by atoms with Crippen molar-refractivity contribution in [3.63, 3.8) is 0 Å². The fourth-order valence-corrected chi connectivity index (χ4v) is 3.42. The van der Waals surface area contributed by atoms with Gasteiger partial charge in [-0.25, -0.2) is 0 Å². The molecular formula is C25H21BrN2O4. The third-order valence-corrected chi connectivity index (χ3v) is 5.37. The van der Waals surface area contributed by atoms with Crippen molar-refractivity contribution in [2.24, 2.45) is 0 Å². The molecule has 0 saturated heterocycles. The van der Waals surface area contributed by atoms with Gasteiger partial charge in [0.1, 0.15) is 6.61 Å². The lowest BCUT2D eigenvalue weighted by molar-refractivity contribution is -0.384. The van der Waals surface area contributed by atoms with E-state index in [-0.39, 0.29) is 12.3 Å². The maximum atomic E-state index is 10.8. The summed E-state index contributed by atoms with van der Waals surface area (Å²) in [4.78, 5) is 10.4. The van der Waals surface area contributed by atoms with Gasteiger partial charge in [-0.15, -0.1) is 0 Å². The smallest absolute Gasteiger partial charge is 0.269 e. The Morgan fingerprint density at radius 1 is 1.09 bits per heavy atom. The van der Waals surface area contributed by atoms with E-state index in [4.69, 9.17) is 9.47 Å². The summed E-state index contributed by atoms with van der Waals surface area (Å²) in [6.45, 7) is 4.55. The molecule has 0 aliphatic carbocycles.